The van der Waals surface area contributed by atoms with Gasteiger partial charge in [-0.3, -0.25) is 0 Å². The molecule has 3 heteroatoms. The van der Waals surface area contributed by atoms with E-state index in [-0.39, 0.29) is 12.1 Å². The number of benzene rings is 2. The van der Waals surface area contributed by atoms with E-state index in [9.17, 15) is 0 Å². The molecule has 0 aliphatic carbocycles. The average Bonchev–Trinajstić information content (AvgIpc) is 2.38. The first kappa shape index (κ1) is 14.7. The zero-order valence-electron chi connectivity index (χ0n) is 12.1. The van der Waals surface area contributed by atoms with Crippen molar-refractivity contribution >= 4 is 17.3 Å². The zero-order chi connectivity index (χ0) is 14.5. The lowest BCUT2D eigenvalue weighted by atomic mass is 10.1. The molecular formula is C17H20ClNO. The summed E-state index contributed by atoms with van der Waals surface area (Å²) in [5.74, 6) is 0.902. The standard InChI is InChI=1S/C17H20ClNO/c1-12(2)20-17-9-7-14(8-10-17)13(3)19-16-6-4-5-15(18)11-16/h4-13,19H,1-3H3. The number of ether oxygens (including phenoxy) is 1. The second-order valence-corrected chi connectivity index (χ2v) is 5.55. The van der Waals surface area contributed by atoms with Crippen LogP contribution in [0.2, 0.25) is 5.02 Å². The van der Waals surface area contributed by atoms with E-state index in [4.69, 9.17) is 16.3 Å². The van der Waals surface area contributed by atoms with Gasteiger partial charge in [-0.1, -0.05) is 29.8 Å². The molecule has 0 aliphatic heterocycles. The Bertz CT molecular complexity index is 551. The Morgan fingerprint density at radius 1 is 1.00 bits per heavy atom. The molecule has 0 aliphatic rings. The van der Waals surface area contributed by atoms with Crippen LogP contribution in [-0.4, -0.2) is 6.10 Å². The van der Waals surface area contributed by atoms with Gasteiger partial charge in [-0.15, -0.1) is 0 Å². The molecule has 106 valence electrons. The van der Waals surface area contributed by atoms with Gasteiger partial charge in [0.15, 0.2) is 0 Å². The van der Waals surface area contributed by atoms with E-state index in [0.717, 1.165) is 16.5 Å². The van der Waals surface area contributed by atoms with E-state index in [2.05, 4.69) is 24.4 Å². The van der Waals surface area contributed by atoms with Crippen molar-refractivity contribution in [3.63, 3.8) is 0 Å². The van der Waals surface area contributed by atoms with E-state index in [1.54, 1.807) is 0 Å². The molecule has 0 fully saturated rings. The topological polar surface area (TPSA) is 21.3 Å². The molecule has 0 amide bonds. The molecule has 0 saturated carbocycles. The van der Waals surface area contributed by atoms with E-state index in [1.165, 1.54) is 5.56 Å². The van der Waals surface area contributed by atoms with Gasteiger partial charge in [0.25, 0.3) is 0 Å². The van der Waals surface area contributed by atoms with Crippen LogP contribution in [0.1, 0.15) is 32.4 Å². The lowest BCUT2D eigenvalue weighted by Gasteiger charge is -2.17. The van der Waals surface area contributed by atoms with Gasteiger partial charge in [0.1, 0.15) is 5.75 Å². The monoisotopic (exact) mass is 289 g/mol. The summed E-state index contributed by atoms with van der Waals surface area (Å²) in [6.07, 6.45) is 0.197. The van der Waals surface area contributed by atoms with Crippen molar-refractivity contribution in [2.75, 3.05) is 5.32 Å². The molecule has 0 saturated heterocycles. The Hall–Kier alpha value is -1.67. The van der Waals surface area contributed by atoms with Crippen LogP contribution >= 0.6 is 11.6 Å². The molecule has 0 spiro atoms. The highest BCUT2D eigenvalue weighted by atomic mass is 35.5. The first-order valence-corrected chi connectivity index (χ1v) is 7.21. The van der Waals surface area contributed by atoms with Crippen LogP contribution in [0, 0.1) is 0 Å². The number of hydrogen-bond donors (Lipinski definition) is 1. The molecular weight excluding hydrogens is 270 g/mol. The normalized spacial score (nSPS) is 12.2. The largest absolute Gasteiger partial charge is 0.491 e. The lowest BCUT2D eigenvalue weighted by molar-refractivity contribution is 0.242. The Balaban J connectivity index is 2.03. The molecule has 1 unspecified atom stereocenters. The van der Waals surface area contributed by atoms with Crippen LogP contribution < -0.4 is 10.1 Å². The van der Waals surface area contributed by atoms with Gasteiger partial charge >= 0.3 is 0 Å². The summed E-state index contributed by atoms with van der Waals surface area (Å²) >= 11 is 5.99. The van der Waals surface area contributed by atoms with Crippen LogP contribution in [0.4, 0.5) is 5.69 Å². The van der Waals surface area contributed by atoms with Crippen molar-refractivity contribution in [3.8, 4) is 5.75 Å². The van der Waals surface area contributed by atoms with E-state index in [0.29, 0.717) is 0 Å². The molecule has 0 aromatic heterocycles. The van der Waals surface area contributed by atoms with Crippen LogP contribution in [0.15, 0.2) is 48.5 Å². The quantitative estimate of drug-likeness (QED) is 0.806. The minimum atomic E-state index is 0.197. The third-order valence-corrected chi connectivity index (χ3v) is 3.19. The summed E-state index contributed by atoms with van der Waals surface area (Å²) in [6.45, 7) is 6.17. The van der Waals surface area contributed by atoms with E-state index >= 15 is 0 Å². The van der Waals surface area contributed by atoms with Gasteiger partial charge in [-0.2, -0.15) is 0 Å². The highest BCUT2D eigenvalue weighted by molar-refractivity contribution is 6.30. The third-order valence-electron chi connectivity index (χ3n) is 2.96. The van der Waals surface area contributed by atoms with Crippen LogP contribution in [0.25, 0.3) is 0 Å². The van der Waals surface area contributed by atoms with Gasteiger partial charge < -0.3 is 10.1 Å². The molecule has 1 N–H and O–H groups in total. The summed E-state index contributed by atoms with van der Waals surface area (Å²) in [4.78, 5) is 0. The number of nitrogens with one attached hydrogen (secondary N) is 1. The van der Waals surface area contributed by atoms with Crippen molar-refractivity contribution in [1.82, 2.24) is 0 Å². The number of halogens is 1. The fourth-order valence-corrected chi connectivity index (χ4v) is 2.21. The third kappa shape index (κ3) is 4.17. The summed E-state index contributed by atoms with van der Waals surface area (Å²) in [5, 5.41) is 4.17. The minimum absolute atomic E-state index is 0.197. The fraction of sp³-hybridized carbons (Fsp3) is 0.294. The molecule has 2 nitrogen and oxygen atoms in total. The first-order chi connectivity index (χ1) is 9.54. The highest BCUT2D eigenvalue weighted by Gasteiger charge is 2.06. The minimum Gasteiger partial charge on any atom is -0.491 e. The smallest absolute Gasteiger partial charge is 0.119 e. The van der Waals surface area contributed by atoms with Crippen LogP contribution in [0.3, 0.4) is 0 Å². The maximum Gasteiger partial charge on any atom is 0.119 e. The van der Waals surface area contributed by atoms with Crippen LogP contribution in [-0.2, 0) is 0 Å². The van der Waals surface area contributed by atoms with Gasteiger partial charge in [0, 0.05) is 16.8 Å². The second-order valence-electron chi connectivity index (χ2n) is 5.11. The van der Waals surface area contributed by atoms with E-state index in [1.807, 2.05) is 50.2 Å². The van der Waals surface area contributed by atoms with E-state index < -0.39 is 0 Å². The molecule has 1 atom stereocenters. The average molecular weight is 290 g/mol. The van der Waals surface area contributed by atoms with Crippen molar-refractivity contribution in [3.05, 3.63) is 59.1 Å². The lowest BCUT2D eigenvalue weighted by Crippen LogP contribution is -2.08. The number of anilines is 1. The molecule has 0 bridgehead atoms. The molecule has 0 radical (unpaired) electrons. The number of hydrogen-bond acceptors (Lipinski definition) is 2. The summed E-state index contributed by atoms with van der Waals surface area (Å²) in [7, 11) is 0. The summed E-state index contributed by atoms with van der Waals surface area (Å²) in [6, 6.07) is 16.1. The Labute approximate surface area is 125 Å². The molecule has 2 aromatic rings. The predicted molar refractivity (Wildman–Crippen MR) is 85.7 cm³/mol. The fourth-order valence-electron chi connectivity index (χ4n) is 2.02. The molecule has 2 aromatic carbocycles. The molecule has 2 rings (SSSR count). The van der Waals surface area contributed by atoms with Crippen molar-refractivity contribution in [2.24, 2.45) is 0 Å². The SMILES string of the molecule is CC(C)Oc1ccc(C(C)Nc2cccc(Cl)c2)cc1. The summed E-state index contributed by atoms with van der Waals surface area (Å²) in [5.41, 5.74) is 2.23. The maximum atomic E-state index is 5.99. The van der Waals surface area contributed by atoms with Gasteiger partial charge in [-0.05, 0) is 56.7 Å². The Morgan fingerprint density at radius 3 is 2.30 bits per heavy atom. The van der Waals surface area contributed by atoms with Gasteiger partial charge in [0.2, 0.25) is 0 Å². The number of rotatable bonds is 5. The predicted octanol–water partition coefficient (Wildman–Crippen LogP) is 5.30. The van der Waals surface area contributed by atoms with Crippen molar-refractivity contribution < 1.29 is 4.74 Å². The Kier molecular flexibility index (Phi) is 4.91. The zero-order valence-corrected chi connectivity index (χ0v) is 12.8. The Morgan fingerprint density at radius 2 is 1.70 bits per heavy atom. The van der Waals surface area contributed by atoms with Crippen molar-refractivity contribution in [2.45, 2.75) is 32.9 Å². The van der Waals surface area contributed by atoms with Crippen LogP contribution in [0.5, 0.6) is 5.75 Å². The summed E-state index contributed by atoms with van der Waals surface area (Å²) < 4.78 is 5.65. The highest BCUT2D eigenvalue weighted by Crippen LogP contribution is 2.23. The molecule has 0 heterocycles. The van der Waals surface area contributed by atoms with Crippen molar-refractivity contribution in [1.29, 1.82) is 0 Å². The maximum absolute atomic E-state index is 5.99. The molecule has 20 heavy (non-hydrogen) atoms. The second kappa shape index (κ2) is 6.67. The van der Waals surface area contributed by atoms with Gasteiger partial charge in [0.05, 0.1) is 6.10 Å². The van der Waals surface area contributed by atoms with Gasteiger partial charge in [-0.25, -0.2) is 0 Å². The first-order valence-electron chi connectivity index (χ1n) is 6.83.